The van der Waals surface area contributed by atoms with Crippen LogP contribution in [0.15, 0.2) is 78.9 Å². The van der Waals surface area contributed by atoms with Crippen molar-refractivity contribution in [3.63, 3.8) is 0 Å². The van der Waals surface area contributed by atoms with Crippen LogP contribution in [0.4, 0.5) is 10.1 Å². The second kappa shape index (κ2) is 10.3. The summed E-state index contributed by atoms with van der Waals surface area (Å²) in [6.07, 6.45) is 0.352. The molecule has 7 heteroatoms. The molecule has 1 atom stereocenters. The molecule has 6 nitrogen and oxygen atoms in total. The molecule has 3 aromatic rings. The predicted octanol–water partition coefficient (Wildman–Crippen LogP) is 4.24. The van der Waals surface area contributed by atoms with Gasteiger partial charge in [-0.15, -0.1) is 0 Å². The third-order valence-corrected chi connectivity index (χ3v) is 5.72. The predicted molar refractivity (Wildman–Crippen MR) is 126 cm³/mol. The van der Waals surface area contributed by atoms with Gasteiger partial charge >= 0.3 is 0 Å². The number of hydrogen-bond donors (Lipinski definition) is 0. The zero-order valence-electron chi connectivity index (χ0n) is 18.8. The molecule has 0 radical (unpaired) electrons. The largest absolute Gasteiger partial charge is 0.494 e. The van der Waals surface area contributed by atoms with Gasteiger partial charge in [0.2, 0.25) is 5.91 Å². The fourth-order valence-corrected chi connectivity index (χ4v) is 4.07. The lowest BCUT2D eigenvalue weighted by Crippen LogP contribution is -2.46. The molecule has 1 aliphatic rings. The monoisotopic (exact) mass is 460 g/mol. The first-order chi connectivity index (χ1) is 16.5. The first-order valence-corrected chi connectivity index (χ1v) is 11.2. The van der Waals surface area contributed by atoms with Gasteiger partial charge in [0.15, 0.2) is 0 Å². The van der Waals surface area contributed by atoms with E-state index in [0.717, 1.165) is 16.5 Å². The Balaban J connectivity index is 1.61. The van der Waals surface area contributed by atoms with E-state index in [-0.39, 0.29) is 18.5 Å². The number of anilines is 1. The van der Waals surface area contributed by atoms with E-state index in [4.69, 9.17) is 4.74 Å². The van der Waals surface area contributed by atoms with E-state index in [1.807, 2.05) is 37.3 Å². The van der Waals surface area contributed by atoms with Crippen molar-refractivity contribution in [3.05, 3.63) is 95.8 Å². The van der Waals surface area contributed by atoms with Crippen LogP contribution >= 0.6 is 0 Å². The zero-order chi connectivity index (χ0) is 24.1. The Morgan fingerprint density at radius 2 is 1.76 bits per heavy atom. The molecule has 174 valence electrons. The van der Waals surface area contributed by atoms with E-state index < -0.39 is 29.6 Å². The molecular weight excluding hydrogens is 435 g/mol. The molecule has 3 aromatic carbocycles. The fourth-order valence-electron chi connectivity index (χ4n) is 4.07. The number of nitrogens with zero attached hydrogens (tertiary/aromatic N) is 2. The Hall–Kier alpha value is -4.00. The summed E-state index contributed by atoms with van der Waals surface area (Å²) in [7, 11) is 0. The van der Waals surface area contributed by atoms with Gasteiger partial charge in [-0.1, -0.05) is 36.4 Å². The summed E-state index contributed by atoms with van der Waals surface area (Å²) in [5.41, 5.74) is 1.54. The van der Waals surface area contributed by atoms with E-state index in [1.54, 1.807) is 24.3 Å². The quantitative estimate of drug-likeness (QED) is 0.472. The SMILES string of the molecule is CCOc1ccc(N2C(=O)C[C@H](N(CCc3ccccc3)C(=O)c3cccc(F)c3)C2=O)cc1. The molecule has 1 fully saturated rings. The topological polar surface area (TPSA) is 66.9 Å². The summed E-state index contributed by atoms with van der Waals surface area (Å²) in [6, 6.07) is 20.6. The minimum Gasteiger partial charge on any atom is -0.494 e. The van der Waals surface area contributed by atoms with Gasteiger partial charge in [0.25, 0.3) is 11.8 Å². The van der Waals surface area contributed by atoms with E-state index in [9.17, 15) is 18.8 Å². The summed E-state index contributed by atoms with van der Waals surface area (Å²) in [4.78, 5) is 42.1. The van der Waals surface area contributed by atoms with E-state index >= 15 is 0 Å². The summed E-state index contributed by atoms with van der Waals surface area (Å²) in [5.74, 6) is -1.27. The van der Waals surface area contributed by atoms with Crippen molar-refractivity contribution in [1.29, 1.82) is 0 Å². The highest BCUT2D eigenvalue weighted by molar-refractivity contribution is 6.23. The summed E-state index contributed by atoms with van der Waals surface area (Å²) < 4.78 is 19.2. The Morgan fingerprint density at radius 1 is 1.03 bits per heavy atom. The van der Waals surface area contributed by atoms with Crippen LogP contribution in [0.1, 0.15) is 29.3 Å². The molecule has 0 aliphatic carbocycles. The number of benzene rings is 3. The first-order valence-electron chi connectivity index (χ1n) is 11.2. The maximum Gasteiger partial charge on any atom is 0.257 e. The van der Waals surface area contributed by atoms with E-state index in [2.05, 4.69) is 0 Å². The first kappa shape index (κ1) is 23.2. The molecule has 4 rings (SSSR count). The van der Waals surface area contributed by atoms with Crippen molar-refractivity contribution in [1.82, 2.24) is 4.90 Å². The summed E-state index contributed by atoms with van der Waals surface area (Å²) in [6.45, 7) is 2.58. The Morgan fingerprint density at radius 3 is 2.44 bits per heavy atom. The highest BCUT2D eigenvalue weighted by Gasteiger charge is 2.44. The number of ether oxygens (including phenoxy) is 1. The third kappa shape index (κ3) is 4.98. The molecule has 0 bridgehead atoms. The lowest BCUT2D eigenvalue weighted by molar-refractivity contribution is -0.122. The molecule has 1 saturated heterocycles. The summed E-state index contributed by atoms with van der Waals surface area (Å²) >= 11 is 0. The smallest absolute Gasteiger partial charge is 0.257 e. The molecule has 0 saturated carbocycles. The Labute approximate surface area is 197 Å². The molecular formula is C27H25FN2O4. The maximum absolute atomic E-state index is 13.8. The van der Waals surface area contributed by atoms with Gasteiger partial charge in [0.1, 0.15) is 17.6 Å². The third-order valence-electron chi connectivity index (χ3n) is 5.72. The van der Waals surface area contributed by atoms with Crippen LogP contribution in [0.2, 0.25) is 0 Å². The number of carbonyl (C=O) groups is 3. The van der Waals surface area contributed by atoms with Gasteiger partial charge in [0, 0.05) is 12.1 Å². The molecule has 0 N–H and O–H groups in total. The molecule has 0 unspecified atom stereocenters. The zero-order valence-corrected chi connectivity index (χ0v) is 18.8. The van der Waals surface area contributed by atoms with Gasteiger partial charge in [0.05, 0.1) is 18.7 Å². The number of hydrogen-bond acceptors (Lipinski definition) is 4. The van der Waals surface area contributed by atoms with Crippen molar-refractivity contribution in [2.45, 2.75) is 25.8 Å². The van der Waals surface area contributed by atoms with Gasteiger partial charge in [-0.25, -0.2) is 9.29 Å². The molecule has 0 spiro atoms. The van der Waals surface area contributed by atoms with Crippen molar-refractivity contribution in [2.75, 3.05) is 18.1 Å². The Kier molecular flexibility index (Phi) is 7.01. The minimum atomic E-state index is -0.974. The van der Waals surface area contributed by atoms with E-state index in [1.165, 1.54) is 23.1 Å². The van der Waals surface area contributed by atoms with Crippen LogP contribution in [0, 0.1) is 5.82 Å². The molecule has 3 amide bonds. The standard InChI is InChI=1S/C27H25FN2O4/c1-2-34-23-13-11-22(12-14-23)30-25(31)18-24(27(30)33)29(16-15-19-7-4-3-5-8-19)26(32)20-9-6-10-21(28)17-20/h3-14,17,24H,2,15-16,18H2,1H3/t24-/m0/s1. The van der Waals surface area contributed by atoms with Crippen molar-refractivity contribution in [2.24, 2.45) is 0 Å². The van der Waals surface area contributed by atoms with Gasteiger partial charge in [-0.2, -0.15) is 0 Å². The number of imide groups is 1. The van der Waals surface area contributed by atoms with Gasteiger partial charge in [-0.05, 0) is 61.4 Å². The normalized spacial score (nSPS) is 15.5. The average Bonchev–Trinajstić information content (AvgIpc) is 3.14. The highest BCUT2D eigenvalue weighted by atomic mass is 19.1. The second-order valence-electron chi connectivity index (χ2n) is 7.96. The van der Waals surface area contributed by atoms with E-state index in [0.29, 0.717) is 24.5 Å². The van der Waals surface area contributed by atoms with Crippen LogP contribution in [-0.2, 0) is 16.0 Å². The Bertz CT molecular complexity index is 1180. The van der Waals surface area contributed by atoms with Gasteiger partial charge < -0.3 is 9.64 Å². The van der Waals surface area contributed by atoms with Crippen LogP contribution in [0.3, 0.4) is 0 Å². The average molecular weight is 461 g/mol. The second-order valence-corrected chi connectivity index (χ2v) is 7.96. The van der Waals surface area contributed by atoms with Crippen LogP contribution in [-0.4, -0.2) is 41.8 Å². The summed E-state index contributed by atoms with van der Waals surface area (Å²) in [5, 5.41) is 0. The van der Waals surface area contributed by atoms with Crippen LogP contribution in [0.5, 0.6) is 5.75 Å². The van der Waals surface area contributed by atoms with Crippen LogP contribution in [0.25, 0.3) is 0 Å². The number of rotatable bonds is 8. The molecule has 1 heterocycles. The lowest BCUT2D eigenvalue weighted by Gasteiger charge is -2.28. The highest BCUT2D eigenvalue weighted by Crippen LogP contribution is 2.28. The number of carbonyl (C=O) groups excluding carboxylic acids is 3. The molecule has 34 heavy (non-hydrogen) atoms. The minimum absolute atomic E-state index is 0.132. The van der Waals surface area contributed by atoms with Crippen LogP contribution < -0.4 is 9.64 Å². The molecule has 1 aliphatic heterocycles. The maximum atomic E-state index is 13.8. The van der Waals surface area contributed by atoms with Crippen molar-refractivity contribution >= 4 is 23.4 Å². The molecule has 0 aromatic heterocycles. The lowest BCUT2D eigenvalue weighted by atomic mass is 10.1. The number of amides is 3. The number of halogens is 1. The van der Waals surface area contributed by atoms with Crippen molar-refractivity contribution < 1.29 is 23.5 Å². The van der Waals surface area contributed by atoms with Crippen molar-refractivity contribution in [3.8, 4) is 5.75 Å². The van der Waals surface area contributed by atoms with Gasteiger partial charge in [-0.3, -0.25) is 14.4 Å². The fraction of sp³-hybridized carbons (Fsp3) is 0.222.